The number of benzene rings is 2. The zero-order valence-electron chi connectivity index (χ0n) is 24.6. The molecule has 4 rings (SSSR count). The Bertz CT molecular complexity index is 1240. The van der Waals surface area contributed by atoms with Crippen LogP contribution in [0.25, 0.3) is 0 Å². The lowest BCUT2D eigenvalue weighted by atomic mass is 9.88. The molecule has 1 aliphatic carbocycles. The number of Topliss-reactive ketones (excluding diaryl/α,β-unsaturated/α-hetero) is 1. The fraction of sp³-hybridized carbons (Fsp3) is 0.500. The Morgan fingerprint density at radius 1 is 1.02 bits per heavy atom. The molecule has 1 heterocycles. The van der Waals surface area contributed by atoms with Crippen LogP contribution >= 0.6 is 11.6 Å². The molecule has 1 saturated carbocycles. The van der Waals surface area contributed by atoms with Gasteiger partial charge in [0, 0.05) is 30.0 Å². The fourth-order valence-electron chi connectivity index (χ4n) is 6.03. The minimum atomic E-state index is -0.0728. The molecule has 0 amide bonds. The van der Waals surface area contributed by atoms with Gasteiger partial charge in [0.15, 0.2) is 0 Å². The number of carbonyl (C=O) groups excluding carboxylic acids is 1. The van der Waals surface area contributed by atoms with E-state index in [4.69, 9.17) is 22.3 Å². The van der Waals surface area contributed by atoms with Gasteiger partial charge >= 0.3 is 0 Å². The van der Waals surface area contributed by atoms with Crippen molar-refractivity contribution in [1.29, 1.82) is 0 Å². The smallest absolute Gasteiger partial charge is 0.147 e. The van der Waals surface area contributed by atoms with Gasteiger partial charge in [0.25, 0.3) is 0 Å². The highest BCUT2D eigenvalue weighted by molar-refractivity contribution is 6.31. The van der Waals surface area contributed by atoms with Crippen molar-refractivity contribution in [2.24, 2.45) is 22.6 Å². The van der Waals surface area contributed by atoms with Gasteiger partial charge in [0.2, 0.25) is 0 Å². The molecule has 2 aromatic carbocycles. The number of aryl methyl sites for hydroxylation is 2. The summed E-state index contributed by atoms with van der Waals surface area (Å²) in [5, 5.41) is 0.848. The Hall–Kier alpha value is -2.56. The van der Waals surface area contributed by atoms with Gasteiger partial charge in [-0.05, 0) is 123 Å². The maximum absolute atomic E-state index is 16.1. The summed E-state index contributed by atoms with van der Waals surface area (Å²) in [6, 6.07) is 14.5. The number of ketones is 1. The van der Waals surface area contributed by atoms with Gasteiger partial charge in [0.05, 0.1) is 5.70 Å². The minimum Gasteiger partial charge on any atom is -0.330 e. The van der Waals surface area contributed by atoms with Gasteiger partial charge in [-0.2, -0.15) is 0 Å². The monoisotopic (exact) mass is 576 g/mol. The SMILES string of the molecule is CCc1cccc(Cl)c1CCCC(C1=C(F)/C(CCCCc2ccc(CC(=O)CCN)cc2)=C\CCC=N1)C1CC1. The molecular weight excluding hydrogens is 531 g/mol. The number of halogens is 2. The molecule has 41 heavy (non-hydrogen) atoms. The largest absolute Gasteiger partial charge is 0.330 e. The van der Waals surface area contributed by atoms with Crippen LogP contribution in [-0.2, 0) is 30.5 Å². The lowest BCUT2D eigenvalue weighted by Gasteiger charge is -2.21. The van der Waals surface area contributed by atoms with Gasteiger partial charge < -0.3 is 5.73 Å². The molecule has 0 spiro atoms. The van der Waals surface area contributed by atoms with Crippen LogP contribution in [0.5, 0.6) is 0 Å². The predicted octanol–water partition coefficient (Wildman–Crippen LogP) is 9.10. The Labute approximate surface area is 251 Å². The van der Waals surface area contributed by atoms with Crippen LogP contribution in [0.4, 0.5) is 4.39 Å². The van der Waals surface area contributed by atoms with E-state index in [2.05, 4.69) is 31.2 Å². The Balaban J connectivity index is 1.34. The Kier molecular flexibility index (Phi) is 12.4. The molecule has 5 heteroatoms. The molecule has 2 aliphatic rings. The summed E-state index contributed by atoms with van der Waals surface area (Å²) in [6.45, 7) is 2.58. The number of carbonyl (C=O) groups is 1. The van der Waals surface area contributed by atoms with Crippen molar-refractivity contribution in [2.75, 3.05) is 6.54 Å². The molecule has 2 aromatic rings. The van der Waals surface area contributed by atoms with E-state index in [0.29, 0.717) is 31.0 Å². The number of hydrogen-bond acceptors (Lipinski definition) is 3. The average Bonchev–Trinajstić information content (AvgIpc) is 3.80. The number of nitrogens with zero attached hydrogens (tertiary/aromatic N) is 1. The van der Waals surface area contributed by atoms with Crippen LogP contribution in [0.3, 0.4) is 0 Å². The summed E-state index contributed by atoms with van der Waals surface area (Å²) >= 11 is 6.55. The molecule has 1 aliphatic heterocycles. The van der Waals surface area contributed by atoms with E-state index < -0.39 is 0 Å². The summed E-state index contributed by atoms with van der Waals surface area (Å²) in [5.74, 6) is 0.826. The van der Waals surface area contributed by atoms with Crippen LogP contribution in [0.1, 0.15) is 93.4 Å². The van der Waals surface area contributed by atoms with Crippen LogP contribution in [0.15, 0.2) is 70.6 Å². The predicted molar refractivity (Wildman–Crippen MR) is 170 cm³/mol. The summed E-state index contributed by atoms with van der Waals surface area (Å²) in [6.07, 6.45) is 16.4. The van der Waals surface area contributed by atoms with Crippen molar-refractivity contribution in [3.05, 3.63) is 92.9 Å². The van der Waals surface area contributed by atoms with Crippen LogP contribution < -0.4 is 5.73 Å². The maximum atomic E-state index is 16.1. The van der Waals surface area contributed by atoms with E-state index in [-0.39, 0.29) is 17.5 Å². The second kappa shape index (κ2) is 16.2. The second-order valence-corrected chi connectivity index (χ2v) is 12.1. The number of aliphatic imine (C=N–C) groups is 1. The van der Waals surface area contributed by atoms with Crippen molar-refractivity contribution in [2.45, 2.75) is 96.8 Å². The van der Waals surface area contributed by atoms with Crippen LogP contribution in [-0.4, -0.2) is 18.5 Å². The van der Waals surface area contributed by atoms with Crippen molar-refractivity contribution >= 4 is 23.6 Å². The molecular formula is C36H46ClFN2O. The highest BCUT2D eigenvalue weighted by Crippen LogP contribution is 2.46. The van der Waals surface area contributed by atoms with Crippen molar-refractivity contribution in [3.8, 4) is 0 Å². The third kappa shape index (κ3) is 9.48. The first-order valence-corrected chi connectivity index (χ1v) is 16.0. The average molecular weight is 577 g/mol. The third-order valence-electron chi connectivity index (χ3n) is 8.51. The number of hydrogen-bond donors (Lipinski definition) is 1. The number of nitrogens with two attached hydrogens (primary N) is 1. The first-order chi connectivity index (χ1) is 20.0. The molecule has 1 atom stereocenters. The Morgan fingerprint density at radius 2 is 1.78 bits per heavy atom. The van der Waals surface area contributed by atoms with Crippen molar-refractivity contribution in [3.63, 3.8) is 0 Å². The first kappa shape index (κ1) is 31.4. The number of allylic oxidation sites excluding steroid dienone is 4. The normalized spacial score (nSPS) is 17.6. The van der Waals surface area contributed by atoms with E-state index in [1.54, 1.807) is 0 Å². The molecule has 0 aromatic heterocycles. The molecule has 2 N–H and O–H groups in total. The quantitative estimate of drug-likeness (QED) is 0.203. The summed E-state index contributed by atoms with van der Waals surface area (Å²) < 4.78 is 16.1. The van der Waals surface area contributed by atoms with E-state index in [1.165, 1.54) is 29.5 Å². The zero-order valence-corrected chi connectivity index (χ0v) is 25.4. The summed E-state index contributed by atoms with van der Waals surface area (Å²) in [4.78, 5) is 16.6. The standard InChI is InChI=1S/C36H46ClFN2O/c1-2-28-12-7-15-34(37)32(28)13-8-14-33(29-20-21-29)36-35(38)30(11-5-6-24-40-36)10-4-3-9-26-16-18-27(19-17-26)25-31(41)22-23-39/h7,11-12,15-19,24,29,33H,2-6,8-10,13-14,20-23,25,39H2,1H3/b30-11-,36-35?,40-24?. The van der Waals surface area contributed by atoms with Gasteiger partial charge in [-0.15, -0.1) is 0 Å². The van der Waals surface area contributed by atoms with E-state index in [1.807, 2.05) is 30.5 Å². The van der Waals surface area contributed by atoms with Gasteiger partial charge in [-0.1, -0.05) is 61.0 Å². The lowest BCUT2D eigenvalue weighted by molar-refractivity contribution is -0.118. The van der Waals surface area contributed by atoms with Gasteiger partial charge in [0.1, 0.15) is 11.6 Å². The second-order valence-electron chi connectivity index (χ2n) is 11.7. The molecule has 3 nitrogen and oxygen atoms in total. The molecule has 1 unspecified atom stereocenters. The van der Waals surface area contributed by atoms with Gasteiger partial charge in [-0.25, -0.2) is 4.39 Å². The minimum absolute atomic E-state index is 0.0728. The highest BCUT2D eigenvalue weighted by Gasteiger charge is 2.35. The zero-order chi connectivity index (χ0) is 29.0. The van der Waals surface area contributed by atoms with Gasteiger partial charge in [-0.3, -0.25) is 9.79 Å². The molecule has 0 bridgehead atoms. The fourth-order valence-corrected chi connectivity index (χ4v) is 6.32. The molecule has 0 saturated heterocycles. The van der Waals surface area contributed by atoms with Crippen molar-refractivity contribution in [1.82, 2.24) is 0 Å². The third-order valence-corrected chi connectivity index (χ3v) is 8.87. The number of rotatable bonds is 16. The first-order valence-electron chi connectivity index (χ1n) is 15.7. The van der Waals surface area contributed by atoms with E-state index in [9.17, 15) is 4.79 Å². The van der Waals surface area contributed by atoms with Crippen LogP contribution in [0.2, 0.25) is 5.02 Å². The Morgan fingerprint density at radius 3 is 2.51 bits per heavy atom. The van der Waals surface area contributed by atoms with E-state index >= 15 is 4.39 Å². The number of unbranched alkanes of at least 4 members (excludes halogenated alkanes) is 1. The molecule has 1 fully saturated rings. The lowest BCUT2D eigenvalue weighted by Crippen LogP contribution is -2.10. The van der Waals surface area contributed by atoms with Crippen LogP contribution in [0, 0.1) is 11.8 Å². The topological polar surface area (TPSA) is 55.5 Å². The molecule has 0 radical (unpaired) electrons. The van der Waals surface area contributed by atoms with E-state index in [0.717, 1.165) is 80.4 Å². The molecule has 220 valence electrons. The summed E-state index contributed by atoms with van der Waals surface area (Å²) in [7, 11) is 0. The van der Waals surface area contributed by atoms with Crippen molar-refractivity contribution < 1.29 is 9.18 Å². The highest BCUT2D eigenvalue weighted by atomic mass is 35.5. The maximum Gasteiger partial charge on any atom is 0.147 e. The summed E-state index contributed by atoms with van der Waals surface area (Å²) in [5.41, 5.74) is 11.9.